The van der Waals surface area contributed by atoms with Crippen LogP contribution in [0.15, 0.2) is 53.1 Å². The number of hydrogen-bond donors (Lipinski definition) is 0. The van der Waals surface area contributed by atoms with Crippen LogP contribution < -0.4 is 0 Å². The van der Waals surface area contributed by atoms with E-state index >= 15 is 0 Å². The van der Waals surface area contributed by atoms with Gasteiger partial charge in [0.2, 0.25) is 11.7 Å². The highest BCUT2D eigenvalue weighted by atomic mass is 35.5. The van der Waals surface area contributed by atoms with Crippen molar-refractivity contribution in [2.45, 2.75) is 39.9 Å². The highest BCUT2D eigenvalue weighted by molar-refractivity contribution is 6.30. The van der Waals surface area contributed by atoms with Crippen molar-refractivity contribution in [3.8, 4) is 11.4 Å². The molecule has 7 nitrogen and oxygen atoms in total. The van der Waals surface area contributed by atoms with Crippen LogP contribution in [0.3, 0.4) is 0 Å². The largest absolute Gasteiger partial charge is 0.338 e. The van der Waals surface area contributed by atoms with E-state index in [-0.39, 0.29) is 5.91 Å². The first kappa shape index (κ1) is 24.4. The molecule has 0 unspecified atom stereocenters. The Bertz CT molecular complexity index is 1070. The lowest BCUT2D eigenvalue weighted by Gasteiger charge is -2.34. The first-order chi connectivity index (χ1) is 16.4. The summed E-state index contributed by atoms with van der Waals surface area (Å²) < 4.78 is 5.44. The number of amides is 1. The van der Waals surface area contributed by atoms with E-state index in [1.165, 1.54) is 5.56 Å². The molecule has 3 aromatic rings. The second-order valence-electron chi connectivity index (χ2n) is 8.94. The standard InChI is InChI=1S/C26H32ClN5O2/c1-4-31(19(2)3)17-20-5-7-22(8-6-20)26(33)32-15-13-30(14-16-32)18-24-28-25(29-34-24)21-9-11-23(27)12-10-21/h5-12,19H,4,13-18H2,1-3H3. The van der Waals surface area contributed by atoms with Crippen LogP contribution in [-0.4, -0.2) is 69.5 Å². The van der Waals surface area contributed by atoms with Crippen LogP contribution >= 0.6 is 11.6 Å². The average Bonchev–Trinajstić information content (AvgIpc) is 3.31. The summed E-state index contributed by atoms with van der Waals surface area (Å²) in [5.74, 6) is 1.22. The fourth-order valence-electron chi connectivity index (χ4n) is 4.17. The Morgan fingerprint density at radius 3 is 2.35 bits per heavy atom. The van der Waals surface area contributed by atoms with Crippen molar-refractivity contribution in [3.05, 3.63) is 70.6 Å². The Morgan fingerprint density at radius 2 is 1.74 bits per heavy atom. The molecule has 0 N–H and O–H groups in total. The van der Waals surface area contributed by atoms with E-state index in [9.17, 15) is 4.79 Å². The van der Waals surface area contributed by atoms with Gasteiger partial charge in [-0.05, 0) is 62.4 Å². The first-order valence-electron chi connectivity index (χ1n) is 11.9. The van der Waals surface area contributed by atoms with E-state index in [2.05, 4.69) is 52.8 Å². The quantitative estimate of drug-likeness (QED) is 0.469. The number of carbonyl (C=O) groups is 1. The van der Waals surface area contributed by atoms with Gasteiger partial charge in [-0.15, -0.1) is 0 Å². The summed E-state index contributed by atoms with van der Waals surface area (Å²) in [6, 6.07) is 15.9. The fourth-order valence-corrected chi connectivity index (χ4v) is 4.29. The van der Waals surface area contributed by atoms with E-state index in [1.54, 1.807) is 0 Å². The monoisotopic (exact) mass is 481 g/mol. The smallest absolute Gasteiger partial charge is 0.253 e. The third-order valence-corrected chi connectivity index (χ3v) is 6.56. The maximum absolute atomic E-state index is 13.0. The Morgan fingerprint density at radius 1 is 1.06 bits per heavy atom. The Labute approximate surface area is 206 Å². The zero-order valence-electron chi connectivity index (χ0n) is 20.1. The second-order valence-corrected chi connectivity index (χ2v) is 9.38. The highest BCUT2D eigenvalue weighted by Gasteiger charge is 2.23. The number of halogens is 1. The van der Waals surface area contributed by atoms with Crippen molar-refractivity contribution in [2.75, 3.05) is 32.7 Å². The molecule has 1 saturated heterocycles. The Kier molecular flexibility index (Phi) is 7.98. The van der Waals surface area contributed by atoms with Crippen molar-refractivity contribution in [1.29, 1.82) is 0 Å². The lowest BCUT2D eigenvalue weighted by atomic mass is 10.1. The molecule has 0 bridgehead atoms. The summed E-state index contributed by atoms with van der Waals surface area (Å²) in [7, 11) is 0. The van der Waals surface area contributed by atoms with Crippen molar-refractivity contribution in [1.82, 2.24) is 24.8 Å². The van der Waals surface area contributed by atoms with Gasteiger partial charge in [0.05, 0.1) is 6.54 Å². The van der Waals surface area contributed by atoms with Crippen molar-refractivity contribution in [3.63, 3.8) is 0 Å². The van der Waals surface area contributed by atoms with Crippen LogP contribution in [-0.2, 0) is 13.1 Å². The minimum Gasteiger partial charge on any atom is -0.338 e. The van der Waals surface area contributed by atoms with E-state index in [4.69, 9.17) is 16.1 Å². The summed E-state index contributed by atoms with van der Waals surface area (Å²) in [6.07, 6.45) is 0. The number of hydrogen-bond acceptors (Lipinski definition) is 6. The van der Waals surface area contributed by atoms with Crippen molar-refractivity contribution in [2.24, 2.45) is 0 Å². The summed E-state index contributed by atoms with van der Waals surface area (Å²) in [5.41, 5.74) is 2.84. The van der Waals surface area contributed by atoms with Gasteiger partial charge in [-0.2, -0.15) is 4.98 Å². The first-order valence-corrected chi connectivity index (χ1v) is 12.2. The number of piperazine rings is 1. The van der Waals surface area contributed by atoms with Crippen LogP contribution in [0.1, 0.15) is 42.6 Å². The minimum absolute atomic E-state index is 0.0882. The van der Waals surface area contributed by atoms with Gasteiger partial charge in [0.15, 0.2) is 0 Å². The van der Waals surface area contributed by atoms with Crippen LogP contribution in [0.2, 0.25) is 5.02 Å². The van der Waals surface area contributed by atoms with E-state index in [0.29, 0.717) is 42.4 Å². The maximum atomic E-state index is 13.0. The van der Waals surface area contributed by atoms with Gasteiger partial charge in [-0.25, -0.2) is 0 Å². The molecule has 0 spiro atoms. The molecule has 0 atom stereocenters. The predicted octanol–water partition coefficient (Wildman–Crippen LogP) is 4.58. The van der Waals surface area contributed by atoms with Gasteiger partial charge < -0.3 is 9.42 Å². The molecule has 1 fully saturated rings. The highest BCUT2D eigenvalue weighted by Crippen LogP contribution is 2.20. The Hall–Kier alpha value is -2.74. The predicted molar refractivity (Wildman–Crippen MR) is 134 cm³/mol. The van der Waals surface area contributed by atoms with E-state index in [1.807, 2.05) is 41.3 Å². The summed E-state index contributed by atoms with van der Waals surface area (Å²) in [4.78, 5) is 24.1. The molecule has 0 saturated carbocycles. The van der Waals surface area contributed by atoms with Crippen LogP contribution in [0.25, 0.3) is 11.4 Å². The molecule has 2 aromatic carbocycles. The lowest BCUT2D eigenvalue weighted by Crippen LogP contribution is -2.48. The number of carbonyl (C=O) groups excluding carboxylic acids is 1. The van der Waals surface area contributed by atoms with Crippen LogP contribution in [0, 0.1) is 0 Å². The lowest BCUT2D eigenvalue weighted by molar-refractivity contribution is 0.0615. The van der Waals surface area contributed by atoms with Gasteiger partial charge in [-0.1, -0.05) is 35.8 Å². The molecule has 0 radical (unpaired) electrons. The molecular formula is C26H32ClN5O2. The zero-order chi connectivity index (χ0) is 24.1. The van der Waals surface area contributed by atoms with E-state index < -0.39 is 0 Å². The number of benzene rings is 2. The third-order valence-electron chi connectivity index (χ3n) is 6.31. The molecule has 0 aliphatic carbocycles. The van der Waals surface area contributed by atoms with Crippen LogP contribution in [0.5, 0.6) is 0 Å². The molecule has 1 aromatic heterocycles. The summed E-state index contributed by atoms with van der Waals surface area (Å²) in [5, 5.41) is 4.75. The van der Waals surface area contributed by atoms with E-state index in [0.717, 1.165) is 37.3 Å². The average molecular weight is 482 g/mol. The zero-order valence-corrected chi connectivity index (χ0v) is 20.8. The molecule has 180 valence electrons. The number of nitrogens with zero attached hydrogens (tertiary/aromatic N) is 5. The van der Waals surface area contributed by atoms with Gasteiger partial charge in [0.25, 0.3) is 5.91 Å². The van der Waals surface area contributed by atoms with Gasteiger partial charge in [0, 0.05) is 54.9 Å². The fraction of sp³-hybridized carbons (Fsp3) is 0.423. The molecule has 34 heavy (non-hydrogen) atoms. The minimum atomic E-state index is 0.0882. The topological polar surface area (TPSA) is 65.7 Å². The molecule has 1 amide bonds. The van der Waals surface area contributed by atoms with Gasteiger partial charge >= 0.3 is 0 Å². The summed E-state index contributed by atoms with van der Waals surface area (Å²) in [6.45, 7) is 12.0. The molecular weight excluding hydrogens is 450 g/mol. The molecule has 8 heteroatoms. The SMILES string of the molecule is CCN(Cc1ccc(C(=O)N2CCN(Cc3nc(-c4ccc(Cl)cc4)no3)CC2)cc1)C(C)C. The molecule has 2 heterocycles. The van der Waals surface area contributed by atoms with Crippen molar-refractivity contribution < 1.29 is 9.32 Å². The Balaban J connectivity index is 1.28. The van der Waals surface area contributed by atoms with Gasteiger partial charge in [-0.3, -0.25) is 14.6 Å². The third kappa shape index (κ3) is 6.03. The number of rotatable bonds is 8. The summed E-state index contributed by atoms with van der Waals surface area (Å²) >= 11 is 5.95. The molecule has 1 aliphatic heterocycles. The normalized spacial score (nSPS) is 14.8. The van der Waals surface area contributed by atoms with Gasteiger partial charge in [0.1, 0.15) is 0 Å². The second kappa shape index (κ2) is 11.1. The number of aromatic nitrogens is 2. The van der Waals surface area contributed by atoms with Crippen molar-refractivity contribution >= 4 is 17.5 Å². The molecule has 1 aliphatic rings. The molecule has 4 rings (SSSR count). The van der Waals surface area contributed by atoms with Crippen LogP contribution in [0.4, 0.5) is 0 Å². The maximum Gasteiger partial charge on any atom is 0.253 e.